The molecule has 0 unspecified atom stereocenters. The smallest absolute Gasteiger partial charge is 0.291 e. The number of aromatic nitrogens is 2. The number of amides is 1. The fourth-order valence-corrected chi connectivity index (χ4v) is 1.46. The number of nitrogens with zero attached hydrogens (tertiary/aromatic N) is 3. The van der Waals surface area contributed by atoms with Crippen LogP contribution in [0.1, 0.15) is 16.1 Å². The third-order valence-electron chi connectivity index (χ3n) is 2.48. The molecule has 0 spiro atoms. The number of pyridine rings is 1. The number of rotatable bonds is 4. The Hall–Kier alpha value is -2.17. The van der Waals surface area contributed by atoms with Gasteiger partial charge < -0.3 is 9.32 Å². The van der Waals surface area contributed by atoms with Crippen LogP contribution in [0, 0.1) is 0 Å². The summed E-state index contributed by atoms with van der Waals surface area (Å²) in [6.45, 7) is 0.629. The van der Waals surface area contributed by atoms with Crippen molar-refractivity contribution in [2.45, 2.75) is 6.42 Å². The van der Waals surface area contributed by atoms with Gasteiger partial charge in [-0.1, -0.05) is 0 Å². The molecule has 2 heterocycles. The van der Waals surface area contributed by atoms with E-state index in [4.69, 9.17) is 4.42 Å². The summed E-state index contributed by atoms with van der Waals surface area (Å²) in [5, 5.41) is 0. The SMILES string of the molecule is CN(CCc1ccncc1)C(=O)c1cnco1. The lowest BCUT2D eigenvalue weighted by Crippen LogP contribution is -2.28. The normalized spacial score (nSPS) is 10.2. The van der Waals surface area contributed by atoms with Crippen molar-refractivity contribution in [3.05, 3.63) is 48.4 Å². The van der Waals surface area contributed by atoms with Gasteiger partial charge in [0.1, 0.15) is 0 Å². The largest absolute Gasteiger partial charge is 0.438 e. The Morgan fingerprint density at radius 3 is 2.76 bits per heavy atom. The first-order valence-electron chi connectivity index (χ1n) is 5.30. The third-order valence-corrected chi connectivity index (χ3v) is 2.48. The molecule has 0 aliphatic heterocycles. The van der Waals surface area contributed by atoms with E-state index in [-0.39, 0.29) is 11.7 Å². The second-order valence-electron chi connectivity index (χ2n) is 3.70. The molecule has 0 N–H and O–H groups in total. The molecule has 0 aromatic carbocycles. The van der Waals surface area contributed by atoms with Crippen LogP contribution in [-0.4, -0.2) is 34.4 Å². The number of likely N-dealkylation sites (N-methyl/N-ethyl adjacent to an activating group) is 1. The molecule has 0 bridgehead atoms. The van der Waals surface area contributed by atoms with Crippen LogP contribution in [0.25, 0.3) is 0 Å². The average Bonchev–Trinajstić information content (AvgIpc) is 2.90. The van der Waals surface area contributed by atoms with Crippen molar-refractivity contribution in [1.29, 1.82) is 0 Å². The highest BCUT2D eigenvalue weighted by atomic mass is 16.3. The van der Waals surface area contributed by atoms with Gasteiger partial charge >= 0.3 is 0 Å². The Bertz CT molecular complexity index is 468. The number of oxazole rings is 1. The van der Waals surface area contributed by atoms with Gasteiger partial charge in [0, 0.05) is 26.0 Å². The van der Waals surface area contributed by atoms with Crippen molar-refractivity contribution in [1.82, 2.24) is 14.9 Å². The van der Waals surface area contributed by atoms with Crippen LogP contribution < -0.4 is 0 Å². The maximum Gasteiger partial charge on any atom is 0.291 e. The molecule has 2 rings (SSSR count). The van der Waals surface area contributed by atoms with Crippen LogP contribution >= 0.6 is 0 Å². The van der Waals surface area contributed by atoms with Crippen molar-refractivity contribution in [3.63, 3.8) is 0 Å². The van der Waals surface area contributed by atoms with Gasteiger partial charge in [-0.05, 0) is 24.1 Å². The Kier molecular flexibility index (Phi) is 3.49. The van der Waals surface area contributed by atoms with Crippen LogP contribution in [0.2, 0.25) is 0 Å². The molecule has 0 saturated carbocycles. The summed E-state index contributed by atoms with van der Waals surface area (Å²) in [5.41, 5.74) is 1.15. The summed E-state index contributed by atoms with van der Waals surface area (Å²) in [5.74, 6) is 0.110. The minimum atomic E-state index is -0.156. The number of hydrogen-bond donors (Lipinski definition) is 0. The molecule has 2 aromatic rings. The Labute approximate surface area is 99.1 Å². The second kappa shape index (κ2) is 5.25. The number of hydrogen-bond acceptors (Lipinski definition) is 4. The molecule has 88 valence electrons. The van der Waals surface area contributed by atoms with Crippen molar-refractivity contribution in [2.75, 3.05) is 13.6 Å². The first-order valence-corrected chi connectivity index (χ1v) is 5.30. The second-order valence-corrected chi connectivity index (χ2v) is 3.70. The molecule has 1 amide bonds. The summed E-state index contributed by atoms with van der Waals surface area (Å²) >= 11 is 0. The zero-order chi connectivity index (χ0) is 12.1. The molecule has 0 atom stereocenters. The van der Waals surface area contributed by atoms with Gasteiger partial charge in [0.25, 0.3) is 5.91 Å². The molecular weight excluding hydrogens is 218 g/mol. The highest BCUT2D eigenvalue weighted by Gasteiger charge is 2.14. The molecule has 5 nitrogen and oxygen atoms in total. The summed E-state index contributed by atoms with van der Waals surface area (Å²) in [7, 11) is 1.74. The van der Waals surface area contributed by atoms with Gasteiger partial charge in [-0.15, -0.1) is 0 Å². The molecule has 0 aliphatic carbocycles. The van der Waals surface area contributed by atoms with E-state index in [2.05, 4.69) is 9.97 Å². The van der Waals surface area contributed by atoms with E-state index in [9.17, 15) is 4.79 Å². The van der Waals surface area contributed by atoms with Crippen LogP contribution in [0.15, 0.2) is 41.5 Å². The maximum absolute atomic E-state index is 11.8. The Balaban J connectivity index is 1.90. The lowest BCUT2D eigenvalue weighted by molar-refractivity contribution is 0.0765. The van der Waals surface area contributed by atoms with E-state index in [1.807, 2.05) is 12.1 Å². The van der Waals surface area contributed by atoms with E-state index in [1.54, 1.807) is 24.3 Å². The lowest BCUT2D eigenvalue weighted by atomic mass is 10.2. The molecule has 2 aromatic heterocycles. The summed E-state index contributed by atoms with van der Waals surface area (Å²) < 4.78 is 4.96. The quantitative estimate of drug-likeness (QED) is 0.797. The number of carbonyl (C=O) groups is 1. The minimum absolute atomic E-state index is 0.156. The third kappa shape index (κ3) is 2.90. The molecule has 0 radical (unpaired) electrons. The summed E-state index contributed by atoms with van der Waals surface area (Å²) in [4.78, 5) is 21.1. The summed E-state index contributed by atoms with van der Waals surface area (Å²) in [6, 6.07) is 3.87. The zero-order valence-corrected chi connectivity index (χ0v) is 9.54. The first kappa shape index (κ1) is 11.3. The fraction of sp³-hybridized carbons (Fsp3) is 0.250. The highest BCUT2D eigenvalue weighted by Crippen LogP contribution is 2.04. The first-order chi connectivity index (χ1) is 8.27. The molecule has 0 aliphatic rings. The van der Waals surface area contributed by atoms with Crippen LogP contribution in [0.5, 0.6) is 0 Å². The monoisotopic (exact) mass is 231 g/mol. The number of carbonyl (C=O) groups excluding carboxylic acids is 1. The van der Waals surface area contributed by atoms with Crippen molar-refractivity contribution in [3.8, 4) is 0 Å². The van der Waals surface area contributed by atoms with Gasteiger partial charge in [0.05, 0.1) is 6.20 Å². The fourth-order valence-electron chi connectivity index (χ4n) is 1.46. The van der Waals surface area contributed by atoms with E-state index >= 15 is 0 Å². The Morgan fingerprint density at radius 1 is 1.35 bits per heavy atom. The van der Waals surface area contributed by atoms with E-state index in [0.29, 0.717) is 6.54 Å². The molecule has 0 saturated heterocycles. The van der Waals surface area contributed by atoms with E-state index < -0.39 is 0 Å². The van der Waals surface area contributed by atoms with Gasteiger partial charge in [-0.3, -0.25) is 9.78 Å². The lowest BCUT2D eigenvalue weighted by Gasteiger charge is -2.15. The highest BCUT2D eigenvalue weighted by molar-refractivity contribution is 5.90. The zero-order valence-electron chi connectivity index (χ0n) is 9.54. The van der Waals surface area contributed by atoms with Crippen molar-refractivity contribution >= 4 is 5.91 Å². The van der Waals surface area contributed by atoms with E-state index in [0.717, 1.165) is 12.0 Å². The maximum atomic E-state index is 11.8. The molecule has 5 heteroatoms. The summed E-state index contributed by atoms with van der Waals surface area (Å²) in [6.07, 6.45) is 6.95. The van der Waals surface area contributed by atoms with Crippen LogP contribution in [0.4, 0.5) is 0 Å². The van der Waals surface area contributed by atoms with Crippen LogP contribution in [0.3, 0.4) is 0 Å². The topological polar surface area (TPSA) is 59.2 Å². The van der Waals surface area contributed by atoms with Gasteiger partial charge in [0.2, 0.25) is 5.76 Å². The average molecular weight is 231 g/mol. The van der Waals surface area contributed by atoms with Gasteiger partial charge in [0.15, 0.2) is 6.39 Å². The van der Waals surface area contributed by atoms with Crippen LogP contribution in [-0.2, 0) is 6.42 Å². The molecular formula is C12H13N3O2. The van der Waals surface area contributed by atoms with E-state index in [1.165, 1.54) is 12.6 Å². The van der Waals surface area contributed by atoms with Gasteiger partial charge in [-0.2, -0.15) is 0 Å². The van der Waals surface area contributed by atoms with Gasteiger partial charge in [-0.25, -0.2) is 4.98 Å². The molecule has 0 fully saturated rings. The minimum Gasteiger partial charge on any atom is -0.438 e. The van der Waals surface area contributed by atoms with Crippen molar-refractivity contribution < 1.29 is 9.21 Å². The predicted octanol–water partition coefficient (Wildman–Crippen LogP) is 1.38. The predicted molar refractivity (Wildman–Crippen MR) is 61.4 cm³/mol. The van der Waals surface area contributed by atoms with Crippen molar-refractivity contribution in [2.24, 2.45) is 0 Å². The molecule has 17 heavy (non-hydrogen) atoms. The Morgan fingerprint density at radius 2 is 2.12 bits per heavy atom. The standard InChI is InChI=1S/C12H13N3O2/c1-15(12(16)11-8-14-9-17-11)7-4-10-2-5-13-6-3-10/h2-3,5-6,8-9H,4,7H2,1H3.